The summed E-state index contributed by atoms with van der Waals surface area (Å²) in [6.45, 7) is 3.29. The van der Waals surface area contributed by atoms with Crippen LogP contribution in [-0.2, 0) is 47.5 Å². The second kappa shape index (κ2) is 18.7. The Hall–Kier alpha value is -2.15. The summed E-state index contributed by atoms with van der Waals surface area (Å²) in [6.07, 6.45) is -23.5. The van der Waals surface area contributed by atoms with Crippen molar-refractivity contribution in [2.45, 2.75) is 151 Å². The summed E-state index contributed by atoms with van der Waals surface area (Å²) >= 11 is 0. The zero-order valence-electron chi connectivity index (χ0n) is 30.0. The van der Waals surface area contributed by atoms with Crippen molar-refractivity contribution >= 4 is 17.9 Å². The monoisotopic (exact) mass is 770 g/mol. The minimum atomic E-state index is -2.68. The molecule has 20 nitrogen and oxygen atoms in total. The molecule has 0 spiro atoms. The van der Waals surface area contributed by atoms with Crippen LogP contribution < -0.4 is 0 Å². The highest BCUT2D eigenvalue weighted by molar-refractivity contribution is 5.75. The van der Waals surface area contributed by atoms with E-state index in [9.17, 15) is 60.3 Å². The molecule has 0 radical (unpaired) electrons. The van der Waals surface area contributed by atoms with Gasteiger partial charge in [0.25, 0.3) is 0 Å². The van der Waals surface area contributed by atoms with Gasteiger partial charge in [-0.25, -0.2) is 4.79 Å². The summed E-state index contributed by atoms with van der Waals surface area (Å²) in [7, 11) is 1.20. The molecule has 0 aromatic rings. The van der Waals surface area contributed by atoms with Gasteiger partial charge in [-0.05, 0) is 45.4 Å². The van der Waals surface area contributed by atoms with Crippen LogP contribution in [0.15, 0.2) is 0 Å². The second-order valence-corrected chi connectivity index (χ2v) is 14.3. The van der Waals surface area contributed by atoms with Gasteiger partial charge in [-0.2, -0.15) is 0 Å². The van der Waals surface area contributed by atoms with Gasteiger partial charge in [-0.3, -0.25) is 4.79 Å². The van der Waals surface area contributed by atoms with E-state index in [1.165, 1.54) is 21.0 Å². The Morgan fingerprint density at radius 1 is 0.830 bits per heavy atom. The number of hydrogen-bond donors (Lipinski definition) is 9. The van der Waals surface area contributed by atoms with Gasteiger partial charge >= 0.3 is 18.1 Å². The Kier molecular flexibility index (Phi) is 15.3. The number of aliphatic hydroxyl groups excluding tert-OH is 8. The number of rotatable bonds is 14. The molecule has 3 heterocycles. The number of carbonyl (C=O) groups is 3. The SMILES string of the molecule is COC(=O)C1CC(C)C(OC2OC(C)C(O)C(O)C2O)C(OC2OC(CO)C(O)C(OC3(OC(=O)O)CC(O)C(CC(C)=O)C(CCCO)O3)C2O)C1. The molecule has 0 bridgehead atoms. The lowest BCUT2D eigenvalue weighted by atomic mass is 9.78. The second-order valence-electron chi connectivity index (χ2n) is 14.3. The third kappa shape index (κ3) is 10.2. The fourth-order valence-corrected chi connectivity index (χ4v) is 7.62. The lowest BCUT2D eigenvalue weighted by Crippen LogP contribution is -2.65. The summed E-state index contributed by atoms with van der Waals surface area (Å²) < 4.78 is 45.5. The fourth-order valence-electron chi connectivity index (χ4n) is 7.62. The molecule has 4 fully saturated rings. The first kappa shape index (κ1) is 43.6. The third-order valence-electron chi connectivity index (χ3n) is 10.4. The van der Waals surface area contributed by atoms with E-state index >= 15 is 0 Å². The first-order valence-corrected chi connectivity index (χ1v) is 17.7. The normalized spacial score (nSPS) is 44.9. The molecule has 306 valence electrons. The molecule has 18 unspecified atom stereocenters. The number of aliphatic hydroxyl groups is 8. The van der Waals surface area contributed by atoms with Crippen LogP contribution in [0.3, 0.4) is 0 Å². The van der Waals surface area contributed by atoms with E-state index in [0.717, 1.165) is 0 Å². The van der Waals surface area contributed by atoms with E-state index in [4.69, 9.17) is 37.9 Å². The van der Waals surface area contributed by atoms with Crippen molar-refractivity contribution in [3.63, 3.8) is 0 Å². The van der Waals surface area contributed by atoms with E-state index in [1.807, 2.05) is 0 Å². The van der Waals surface area contributed by atoms with Gasteiger partial charge in [0, 0.05) is 18.9 Å². The molecule has 18 atom stereocenters. The Morgan fingerprint density at radius 2 is 1.51 bits per heavy atom. The number of carbonyl (C=O) groups excluding carboxylic acids is 2. The molecule has 1 saturated carbocycles. The molecule has 0 amide bonds. The first-order valence-electron chi connectivity index (χ1n) is 17.7. The Morgan fingerprint density at radius 3 is 2.11 bits per heavy atom. The maximum Gasteiger partial charge on any atom is 0.510 e. The van der Waals surface area contributed by atoms with Gasteiger partial charge in [0.15, 0.2) is 12.6 Å². The van der Waals surface area contributed by atoms with Crippen molar-refractivity contribution in [3.8, 4) is 0 Å². The summed E-state index contributed by atoms with van der Waals surface area (Å²) in [5, 5.41) is 94.5. The first-order chi connectivity index (χ1) is 24.9. The number of esters is 1. The van der Waals surface area contributed by atoms with Gasteiger partial charge in [-0.1, -0.05) is 6.92 Å². The number of ether oxygens (including phenoxy) is 8. The standard InChI is InChI=1S/C33H54O20/c1-13-8-16(29(43)46-4)10-20(27(13)50-30-25(41)24(40)22(38)15(3)47-30)48-31-26(42)28(23(39)21(12-35)49-31)52-33(53-32(44)45)11-18(37)17(9-14(2)36)19(51-33)6-5-7-34/h13,15-28,30-31,34-35,37-42H,5-12H2,1-4H3,(H,44,45). The van der Waals surface area contributed by atoms with E-state index < -0.39 is 135 Å². The Bertz CT molecular complexity index is 1220. The van der Waals surface area contributed by atoms with Crippen LogP contribution in [0, 0.1) is 17.8 Å². The molecule has 3 saturated heterocycles. The third-order valence-corrected chi connectivity index (χ3v) is 10.4. The topological polar surface area (TPSA) is 307 Å². The minimum absolute atomic E-state index is 0.0280. The lowest BCUT2D eigenvalue weighted by molar-refractivity contribution is -0.444. The summed E-state index contributed by atoms with van der Waals surface area (Å²) in [6, 6.07) is 0. The van der Waals surface area contributed by atoms with Crippen molar-refractivity contribution in [1.29, 1.82) is 0 Å². The summed E-state index contributed by atoms with van der Waals surface area (Å²) in [4.78, 5) is 36.6. The van der Waals surface area contributed by atoms with Crippen LogP contribution in [0.2, 0.25) is 0 Å². The summed E-state index contributed by atoms with van der Waals surface area (Å²) in [5.74, 6) is -5.70. The molecule has 3 aliphatic heterocycles. The van der Waals surface area contributed by atoms with Crippen LogP contribution >= 0.6 is 0 Å². The van der Waals surface area contributed by atoms with Crippen molar-refractivity contribution < 1.29 is 98.2 Å². The smallest absolute Gasteiger partial charge is 0.469 e. The van der Waals surface area contributed by atoms with E-state index in [-0.39, 0.29) is 44.5 Å². The van der Waals surface area contributed by atoms with Crippen molar-refractivity contribution in [2.75, 3.05) is 20.3 Å². The quantitative estimate of drug-likeness (QED) is 0.0651. The molecule has 9 N–H and O–H groups in total. The predicted molar refractivity (Wildman–Crippen MR) is 171 cm³/mol. The Balaban J connectivity index is 1.64. The fraction of sp³-hybridized carbons (Fsp3) is 0.909. The number of carboxylic acid groups (broad SMARTS) is 1. The minimum Gasteiger partial charge on any atom is -0.469 e. The van der Waals surface area contributed by atoms with Crippen LogP contribution in [0.4, 0.5) is 4.79 Å². The highest BCUT2D eigenvalue weighted by Crippen LogP contribution is 2.42. The molecular weight excluding hydrogens is 716 g/mol. The zero-order valence-corrected chi connectivity index (χ0v) is 30.0. The van der Waals surface area contributed by atoms with Crippen LogP contribution in [0.5, 0.6) is 0 Å². The molecule has 1 aliphatic carbocycles. The molecule has 4 aliphatic rings. The van der Waals surface area contributed by atoms with Crippen molar-refractivity contribution in [3.05, 3.63) is 0 Å². The molecular formula is C33H54O20. The van der Waals surface area contributed by atoms with Crippen LogP contribution in [-0.4, -0.2) is 176 Å². The lowest BCUT2D eigenvalue weighted by Gasteiger charge is -2.50. The molecule has 53 heavy (non-hydrogen) atoms. The van der Waals surface area contributed by atoms with Crippen molar-refractivity contribution in [2.24, 2.45) is 17.8 Å². The van der Waals surface area contributed by atoms with Gasteiger partial charge in [0.2, 0.25) is 0 Å². The largest absolute Gasteiger partial charge is 0.510 e. The molecule has 20 heteroatoms. The number of methoxy groups -OCH3 is 1. The van der Waals surface area contributed by atoms with Gasteiger partial charge < -0.3 is 88.6 Å². The number of hydrogen-bond acceptors (Lipinski definition) is 19. The molecule has 0 aromatic heterocycles. The average Bonchev–Trinajstić information content (AvgIpc) is 3.09. The van der Waals surface area contributed by atoms with E-state index in [2.05, 4.69) is 0 Å². The highest BCUT2D eigenvalue weighted by atomic mass is 16.9. The average molecular weight is 771 g/mol. The maximum absolute atomic E-state index is 12.7. The van der Waals surface area contributed by atoms with E-state index in [1.54, 1.807) is 6.92 Å². The highest BCUT2D eigenvalue weighted by Gasteiger charge is 2.57. The number of Topliss-reactive ketones (excluding diaryl/α,β-unsaturated/α-hetero) is 1. The maximum atomic E-state index is 12.7. The molecule has 4 rings (SSSR count). The predicted octanol–water partition coefficient (Wildman–Crippen LogP) is -2.51. The van der Waals surface area contributed by atoms with Crippen molar-refractivity contribution in [1.82, 2.24) is 0 Å². The Labute approximate surface area is 305 Å². The van der Waals surface area contributed by atoms with Crippen LogP contribution in [0.25, 0.3) is 0 Å². The number of ketones is 1. The molecule has 0 aromatic carbocycles. The van der Waals surface area contributed by atoms with Gasteiger partial charge in [0.1, 0.15) is 48.5 Å². The van der Waals surface area contributed by atoms with Gasteiger partial charge in [-0.15, -0.1) is 0 Å². The van der Waals surface area contributed by atoms with Crippen LogP contribution in [0.1, 0.15) is 59.3 Å². The summed E-state index contributed by atoms with van der Waals surface area (Å²) in [5.41, 5.74) is 0. The zero-order chi connectivity index (χ0) is 39.4. The van der Waals surface area contributed by atoms with Gasteiger partial charge in [0.05, 0.1) is 56.6 Å². The van der Waals surface area contributed by atoms with E-state index in [0.29, 0.717) is 0 Å².